The Labute approximate surface area is 181 Å². The van der Waals surface area contributed by atoms with E-state index in [0.29, 0.717) is 0 Å². The van der Waals surface area contributed by atoms with E-state index in [9.17, 15) is 13.6 Å². The maximum absolute atomic E-state index is 14.1. The zero-order valence-electron chi connectivity index (χ0n) is 16.4. The number of hydrogen-bond donors (Lipinski definition) is 0. The maximum atomic E-state index is 14.1. The molecule has 0 saturated carbocycles. The predicted octanol–water partition coefficient (Wildman–Crippen LogP) is 5.57. The molecule has 0 amide bonds. The molecule has 0 saturated heterocycles. The molecule has 158 valence electrons. The summed E-state index contributed by atoms with van der Waals surface area (Å²) in [6, 6.07) is 15.4. The lowest BCUT2D eigenvalue weighted by Gasteiger charge is -2.12. The second-order valence-electron chi connectivity index (χ2n) is 6.67. The molecule has 31 heavy (non-hydrogen) atoms. The van der Waals surface area contributed by atoms with Gasteiger partial charge in [-0.15, -0.1) is 0 Å². The van der Waals surface area contributed by atoms with Crippen LogP contribution < -0.4 is 15.0 Å². The molecule has 4 aromatic rings. The summed E-state index contributed by atoms with van der Waals surface area (Å²) in [5.74, 6) is -2.90. The molecule has 0 spiro atoms. The van der Waals surface area contributed by atoms with Crippen LogP contribution in [0, 0.1) is 11.6 Å². The monoisotopic (exact) mass is 442 g/mol. The van der Waals surface area contributed by atoms with Crippen LogP contribution in [0.15, 0.2) is 65.6 Å². The average Bonchev–Trinajstić information content (AvgIpc) is 2.76. The first-order valence-corrected chi connectivity index (χ1v) is 9.87. The Morgan fingerprint density at radius 1 is 1.03 bits per heavy atom. The molecule has 0 fully saturated rings. The van der Waals surface area contributed by atoms with Gasteiger partial charge in [0.2, 0.25) is 5.75 Å². The lowest BCUT2D eigenvalue weighted by atomic mass is 10.0. The third kappa shape index (κ3) is 4.22. The van der Waals surface area contributed by atoms with E-state index >= 15 is 0 Å². The van der Waals surface area contributed by atoms with Crippen molar-refractivity contribution in [1.82, 2.24) is 9.78 Å². The summed E-state index contributed by atoms with van der Waals surface area (Å²) in [5, 5.41) is 6.01. The van der Waals surface area contributed by atoms with Crippen molar-refractivity contribution in [1.29, 1.82) is 0 Å². The van der Waals surface area contributed by atoms with E-state index in [0.717, 1.165) is 28.5 Å². The van der Waals surface area contributed by atoms with E-state index in [1.54, 1.807) is 6.92 Å². The van der Waals surface area contributed by atoms with Crippen LogP contribution in [0.4, 0.5) is 8.78 Å². The second-order valence-corrected chi connectivity index (χ2v) is 7.08. The Kier molecular flexibility index (Phi) is 5.86. The molecule has 0 aliphatic rings. The van der Waals surface area contributed by atoms with Gasteiger partial charge in [-0.2, -0.15) is 5.10 Å². The lowest BCUT2D eigenvalue weighted by molar-refractivity contribution is 0.300. The summed E-state index contributed by atoms with van der Waals surface area (Å²) < 4.78 is 39.9. The molecule has 0 N–H and O–H groups in total. The zero-order chi connectivity index (χ0) is 22.0. The van der Waals surface area contributed by atoms with Crippen molar-refractivity contribution in [3.63, 3.8) is 0 Å². The normalized spacial score (nSPS) is 11.0. The molecule has 0 aliphatic heterocycles. The molecule has 1 heterocycles. The Morgan fingerprint density at radius 2 is 1.74 bits per heavy atom. The first kappa shape index (κ1) is 20.8. The average molecular weight is 443 g/mol. The van der Waals surface area contributed by atoms with E-state index in [-0.39, 0.29) is 29.7 Å². The number of fused-ring (bicyclic) bond motifs is 1. The van der Waals surface area contributed by atoms with Crippen LogP contribution in [0.25, 0.3) is 10.8 Å². The van der Waals surface area contributed by atoms with Crippen molar-refractivity contribution in [2.24, 2.45) is 0 Å². The van der Waals surface area contributed by atoms with Gasteiger partial charge in [-0.3, -0.25) is 4.79 Å². The van der Waals surface area contributed by atoms with Crippen molar-refractivity contribution < 1.29 is 18.3 Å². The molecule has 5 nitrogen and oxygen atoms in total. The molecular weight excluding hydrogens is 426 g/mol. The van der Waals surface area contributed by atoms with E-state index in [1.807, 2.05) is 42.5 Å². The van der Waals surface area contributed by atoms with Crippen LogP contribution in [-0.2, 0) is 6.54 Å². The summed E-state index contributed by atoms with van der Waals surface area (Å²) in [4.78, 5) is 13.0. The fraction of sp³-hybridized carbons (Fsp3) is 0.130. The number of benzene rings is 3. The molecular formula is C23H17ClF2N2O3. The van der Waals surface area contributed by atoms with E-state index in [2.05, 4.69) is 5.10 Å². The Morgan fingerprint density at radius 3 is 2.48 bits per heavy atom. The van der Waals surface area contributed by atoms with Crippen molar-refractivity contribution in [3.05, 3.63) is 93.4 Å². The summed E-state index contributed by atoms with van der Waals surface area (Å²) in [5.41, 5.74) is 0.245. The zero-order valence-corrected chi connectivity index (χ0v) is 17.2. The quantitative estimate of drug-likeness (QED) is 0.392. The van der Waals surface area contributed by atoms with Crippen molar-refractivity contribution in [3.8, 4) is 17.2 Å². The topological polar surface area (TPSA) is 53.4 Å². The van der Waals surface area contributed by atoms with E-state index < -0.39 is 22.9 Å². The SMILES string of the molecule is CCOc1c(F)cc(Oc2c(Cl)cnn(Cc3cccc4ccccc34)c2=O)cc1F. The van der Waals surface area contributed by atoms with Crippen LogP contribution in [0.1, 0.15) is 12.5 Å². The first-order chi connectivity index (χ1) is 15.0. The van der Waals surface area contributed by atoms with Crippen molar-refractivity contribution >= 4 is 22.4 Å². The lowest BCUT2D eigenvalue weighted by Crippen LogP contribution is -2.24. The minimum atomic E-state index is -0.946. The molecule has 3 aromatic carbocycles. The maximum Gasteiger partial charge on any atom is 0.311 e. The van der Waals surface area contributed by atoms with Gasteiger partial charge in [0.25, 0.3) is 0 Å². The van der Waals surface area contributed by atoms with E-state index in [4.69, 9.17) is 21.1 Å². The van der Waals surface area contributed by atoms with Gasteiger partial charge in [-0.05, 0) is 23.3 Å². The Bertz CT molecular complexity index is 1300. The van der Waals surface area contributed by atoms with Crippen LogP contribution in [-0.4, -0.2) is 16.4 Å². The van der Waals surface area contributed by atoms with Gasteiger partial charge in [0.05, 0.1) is 19.3 Å². The van der Waals surface area contributed by atoms with Gasteiger partial charge in [0.15, 0.2) is 17.4 Å². The van der Waals surface area contributed by atoms with Crippen LogP contribution in [0.5, 0.6) is 17.2 Å². The van der Waals surface area contributed by atoms with Gasteiger partial charge in [0.1, 0.15) is 10.8 Å². The highest BCUT2D eigenvalue weighted by molar-refractivity contribution is 6.31. The van der Waals surface area contributed by atoms with Crippen molar-refractivity contribution in [2.75, 3.05) is 6.61 Å². The van der Waals surface area contributed by atoms with Gasteiger partial charge in [0, 0.05) is 12.1 Å². The highest BCUT2D eigenvalue weighted by Crippen LogP contribution is 2.31. The summed E-state index contributed by atoms with van der Waals surface area (Å²) in [7, 11) is 0. The largest absolute Gasteiger partial charge is 0.488 e. The number of hydrogen-bond acceptors (Lipinski definition) is 4. The number of aromatic nitrogens is 2. The van der Waals surface area contributed by atoms with Crippen LogP contribution in [0.2, 0.25) is 5.02 Å². The molecule has 0 radical (unpaired) electrons. The molecule has 0 bridgehead atoms. The van der Waals surface area contributed by atoms with Gasteiger partial charge >= 0.3 is 5.56 Å². The first-order valence-electron chi connectivity index (χ1n) is 9.50. The molecule has 0 atom stereocenters. The summed E-state index contributed by atoms with van der Waals surface area (Å²) in [6.07, 6.45) is 1.25. The molecule has 4 rings (SSSR count). The Hall–Kier alpha value is -3.45. The Balaban J connectivity index is 1.69. The number of rotatable bonds is 6. The summed E-state index contributed by atoms with van der Waals surface area (Å²) >= 11 is 6.10. The fourth-order valence-corrected chi connectivity index (χ4v) is 3.41. The minimum absolute atomic E-state index is 0.0751. The highest BCUT2D eigenvalue weighted by Gasteiger charge is 2.18. The third-order valence-electron chi connectivity index (χ3n) is 4.64. The van der Waals surface area contributed by atoms with Crippen LogP contribution in [0.3, 0.4) is 0 Å². The number of ether oxygens (including phenoxy) is 2. The predicted molar refractivity (Wildman–Crippen MR) is 114 cm³/mol. The van der Waals surface area contributed by atoms with Gasteiger partial charge < -0.3 is 9.47 Å². The molecule has 1 aromatic heterocycles. The smallest absolute Gasteiger partial charge is 0.311 e. The standard InChI is InChI=1S/C23H17ClF2N2O3/c1-2-30-22-19(25)10-16(11-20(22)26)31-21-18(24)12-27-28(23(21)29)13-15-8-5-7-14-6-3-4-9-17(14)15/h3-12H,2,13H2,1H3. The van der Waals surface area contributed by atoms with E-state index in [1.165, 1.54) is 10.9 Å². The molecule has 8 heteroatoms. The van der Waals surface area contributed by atoms with Crippen LogP contribution >= 0.6 is 11.6 Å². The molecule has 0 aliphatic carbocycles. The van der Waals surface area contributed by atoms with Gasteiger partial charge in [-0.25, -0.2) is 13.5 Å². The second kappa shape index (κ2) is 8.73. The fourth-order valence-electron chi connectivity index (χ4n) is 3.24. The molecule has 0 unspecified atom stereocenters. The minimum Gasteiger partial charge on any atom is -0.488 e. The highest BCUT2D eigenvalue weighted by atomic mass is 35.5. The van der Waals surface area contributed by atoms with Crippen molar-refractivity contribution in [2.45, 2.75) is 13.5 Å². The third-order valence-corrected chi connectivity index (χ3v) is 4.91. The summed E-state index contributed by atoms with van der Waals surface area (Å²) in [6.45, 7) is 1.88. The number of nitrogens with zero attached hydrogens (tertiary/aromatic N) is 2. The van der Waals surface area contributed by atoms with Gasteiger partial charge in [-0.1, -0.05) is 54.1 Å². The number of halogens is 3.